The molecule has 1 rings (SSSR count). The SMILES string of the molecule is NNC(=O)c1cnc(Br)[nH]1. The van der Waals surface area contributed by atoms with Crippen LogP contribution in [-0.4, -0.2) is 15.9 Å². The van der Waals surface area contributed by atoms with E-state index in [4.69, 9.17) is 5.84 Å². The highest BCUT2D eigenvalue weighted by atomic mass is 79.9. The molecule has 0 unspecified atom stereocenters. The van der Waals surface area contributed by atoms with Gasteiger partial charge in [-0.1, -0.05) is 0 Å². The second-order valence-corrected chi connectivity index (χ2v) is 2.31. The average molecular weight is 205 g/mol. The number of amides is 1. The van der Waals surface area contributed by atoms with Gasteiger partial charge >= 0.3 is 0 Å². The van der Waals surface area contributed by atoms with E-state index < -0.39 is 5.91 Å². The van der Waals surface area contributed by atoms with Crippen LogP contribution in [0.5, 0.6) is 0 Å². The van der Waals surface area contributed by atoms with Crippen LogP contribution >= 0.6 is 15.9 Å². The summed E-state index contributed by atoms with van der Waals surface area (Å²) in [7, 11) is 0. The van der Waals surface area contributed by atoms with E-state index >= 15 is 0 Å². The molecule has 5 nitrogen and oxygen atoms in total. The molecule has 1 aromatic rings. The molecule has 0 spiro atoms. The molecule has 1 aromatic heterocycles. The van der Waals surface area contributed by atoms with Gasteiger partial charge in [-0.05, 0) is 15.9 Å². The number of H-pyrrole nitrogens is 1. The Balaban J connectivity index is 2.85. The van der Waals surface area contributed by atoms with Gasteiger partial charge in [-0.15, -0.1) is 0 Å². The monoisotopic (exact) mass is 204 g/mol. The van der Waals surface area contributed by atoms with Crippen LogP contribution in [0.4, 0.5) is 0 Å². The highest BCUT2D eigenvalue weighted by molar-refractivity contribution is 9.10. The minimum absolute atomic E-state index is 0.328. The number of aromatic amines is 1. The summed E-state index contributed by atoms with van der Waals surface area (Å²) in [5, 5.41) is 0. The number of hydrogen-bond acceptors (Lipinski definition) is 3. The fourth-order valence-electron chi connectivity index (χ4n) is 0.490. The van der Waals surface area contributed by atoms with E-state index in [0.29, 0.717) is 10.4 Å². The van der Waals surface area contributed by atoms with Crippen molar-refractivity contribution in [3.05, 3.63) is 16.6 Å². The van der Waals surface area contributed by atoms with Gasteiger partial charge < -0.3 is 4.98 Å². The number of rotatable bonds is 1. The molecule has 0 radical (unpaired) electrons. The number of carbonyl (C=O) groups is 1. The van der Waals surface area contributed by atoms with Crippen molar-refractivity contribution < 1.29 is 4.79 Å². The summed E-state index contributed by atoms with van der Waals surface area (Å²) in [5.41, 5.74) is 2.29. The molecular formula is C4H5BrN4O. The van der Waals surface area contributed by atoms with Crippen LogP contribution in [0.25, 0.3) is 0 Å². The van der Waals surface area contributed by atoms with Gasteiger partial charge in [0.25, 0.3) is 5.91 Å². The topological polar surface area (TPSA) is 83.8 Å². The van der Waals surface area contributed by atoms with Gasteiger partial charge in [0.15, 0.2) is 4.73 Å². The molecule has 0 aliphatic rings. The predicted molar refractivity (Wildman–Crippen MR) is 37.9 cm³/mol. The molecule has 54 valence electrons. The largest absolute Gasteiger partial charge is 0.328 e. The van der Waals surface area contributed by atoms with Crippen LogP contribution in [0.1, 0.15) is 10.5 Å². The third-order valence-electron chi connectivity index (χ3n) is 0.921. The van der Waals surface area contributed by atoms with Crippen LogP contribution in [0.3, 0.4) is 0 Å². The number of nitrogens with zero attached hydrogens (tertiary/aromatic N) is 1. The molecule has 1 heterocycles. The second kappa shape index (κ2) is 2.80. The Bertz CT molecular complexity index is 245. The maximum atomic E-state index is 10.7. The lowest BCUT2D eigenvalue weighted by Crippen LogP contribution is -2.30. The van der Waals surface area contributed by atoms with E-state index in [1.165, 1.54) is 6.20 Å². The normalized spacial score (nSPS) is 9.40. The Hall–Kier alpha value is -0.880. The molecule has 1 amide bonds. The lowest BCUT2D eigenvalue weighted by Gasteiger charge is -1.91. The van der Waals surface area contributed by atoms with Gasteiger partial charge in [0.2, 0.25) is 0 Å². The molecular weight excluding hydrogens is 200 g/mol. The zero-order valence-corrected chi connectivity index (χ0v) is 6.47. The summed E-state index contributed by atoms with van der Waals surface area (Å²) in [6.45, 7) is 0. The first kappa shape index (κ1) is 7.23. The predicted octanol–water partition coefficient (Wildman–Crippen LogP) is -0.224. The zero-order chi connectivity index (χ0) is 7.56. The van der Waals surface area contributed by atoms with Crippen molar-refractivity contribution in [2.24, 2.45) is 5.84 Å². The third-order valence-corrected chi connectivity index (χ3v) is 1.32. The average Bonchev–Trinajstić information content (AvgIpc) is 2.34. The van der Waals surface area contributed by atoms with Crippen LogP contribution in [-0.2, 0) is 0 Å². The summed E-state index contributed by atoms with van der Waals surface area (Å²) in [6, 6.07) is 0. The summed E-state index contributed by atoms with van der Waals surface area (Å²) in [6.07, 6.45) is 1.38. The van der Waals surface area contributed by atoms with Crippen molar-refractivity contribution in [3.63, 3.8) is 0 Å². The van der Waals surface area contributed by atoms with E-state index in [-0.39, 0.29) is 0 Å². The highest BCUT2D eigenvalue weighted by Crippen LogP contribution is 2.02. The van der Waals surface area contributed by atoms with Gasteiger partial charge in [0, 0.05) is 0 Å². The minimum Gasteiger partial charge on any atom is -0.328 e. The molecule has 0 bridgehead atoms. The maximum Gasteiger partial charge on any atom is 0.283 e. The van der Waals surface area contributed by atoms with Crippen molar-refractivity contribution in [1.29, 1.82) is 0 Å². The Labute approximate surface area is 65.1 Å². The number of nitrogen functional groups attached to an aromatic ring is 1. The highest BCUT2D eigenvalue weighted by Gasteiger charge is 2.04. The fraction of sp³-hybridized carbons (Fsp3) is 0. The zero-order valence-electron chi connectivity index (χ0n) is 4.89. The van der Waals surface area contributed by atoms with Gasteiger partial charge in [0.05, 0.1) is 6.20 Å². The molecule has 6 heteroatoms. The molecule has 0 fully saturated rings. The van der Waals surface area contributed by atoms with Crippen LogP contribution < -0.4 is 11.3 Å². The fourth-order valence-corrected chi connectivity index (χ4v) is 0.806. The van der Waals surface area contributed by atoms with Gasteiger partial charge in [-0.3, -0.25) is 10.2 Å². The molecule has 0 aromatic carbocycles. The first-order valence-corrected chi connectivity index (χ1v) is 3.25. The number of imidazole rings is 1. The number of carbonyl (C=O) groups excluding carboxylic acids is 1. The Morgan fingerprint density at radius 1 is 1.90 bits per heavy atom. The molecule has 0 saturated carbocycles. The molecule has 0 saturated heterocycles. The Morgan fingerprint density at radius 3 is 3.00 bits per heavy atom. The van der Waals surface area contributed by atoms with Gasteiger partial charge in [-0.2, -0.15) is 0 Å². The molecule has 10 heavy (non-hydrogen) atoms. The number of halogens is 1. The van der Waals surface area contributed by atoms with Crippen molar-refractivity contribution in [1.82, 2.24) is 15.4 Å². The van der Waals surface area contributed by atoms with Crippen molar-refractivity contribution in [3.8, 4) is 0 Å². The number of nitrogens with two attached hydrogens (primary N) is 1. The smallest absolute Gasteiger partial charge is 0.283 e. The molecule has 0 aliphatic carbocycles. The lowest BCUT2D eigenvalue weighted by atomic mass is 10.5. The second-order valence-electron chi connectivity index (χ2n) is 1.56. The molecule has 0 atom stereocenters. The quantitative estimate of drug-likeness (QED) is 0.336. The number of hydrazine groups is 1. The first-order valence-electron chi connectivity index (χ1n) is 2.45. The van der Waals surface area contributed by atoms with Crippen LogP contribution in [0, 0.1) is 0 Å². The van der Waals surface area contributed by atoms with Crippen LogP contribution in [0.2, 0.25) is 0 Å². The van der Waals surface area contributed by atoms with E-state index in [1.54, 1.807) is 0 Å². The number of aromatic nitrogens is 2. The molecule has 4 N–H and O–H groups in total. The van der Waals surface area contributed by atoms with E-state index in [1.807, 2.05) is 5.43 Å². The third kappa shape index (κ3) is 1.34. The first-order chi connectivity index (χ1) is 4.74. The van der Waals surface area contributed by atoms with E-state index in [2.05, 4.69) is 25.9 Å². The molecule has 0 aliphatic heterocycles. The van der Waals surface area contributed by atoms with Crippen molar-refractivity contribution >= 4 is 21.8 Å². The summed E-state index contributed by atoms with van der Waals surface area (Å²) in [5.74, 6) is 4.46. The Morgan fingerprint density at radius 2 is 2.60 bits per heavy atom. The number of hydrogen-bond donors (Lipinski definition) is 3. The standard InChI is InChI=1S/C4H5BrN4O/c5-4-7-1-2(8-4)3(10)9-6/h1H,6H2,(H,7,8)(H,9,10). The van der Waals surface area contributed by atoms with Gasteiger partial charge in [0.1, 0.15) is 5.69 Å². The minimum atomic E-state index is -0.391. The van der Waals surface area contributed by atoms with E-state index in [9.17, 15) is 4.79 Å². The van der Waals surface area contributed by atoms with Crippen molar-refractivity contribution in [2.75, 3.05) is 0 Å². The number of nitrogens with one attached hydrogen (secondary N) is 2. The lowest BCUT2D eigenvalue weighted by molar-refractivity contribution is 0.0949. The summed E-state index contributed by atoms with van der Waals surface area (Å²) < 4.78 is 0.506. The van der Waals surface area contributed by atoms with E-state index in [0.717, 1.165) is 0 Å². The Kier molecular flexibility index (Phi) is 2.03. The maximum absolute atomic E-state index is 10.7. The summed E-state index contributed by atoms with van der Waals surface area (Å²) >= 11 is 3.04. The summed E-state index contributed by atoms with van der Waals surface area (Å²) in [4.78, 5) is 17.1. The van der Waals surface area contributed by atoms with Crippen molar-refractivity contribution in [2.45, 2.75) is 0 Å². The van der Waals surface area contributed by atoms with Gasteiger partial charge in [-0.25, -0.2) is 10.8 Å². The van der Waals surface area contributed by atoms with Crippen LogP contribution in [0.15, 0.2) is 10.9 Å².